The van der Waals surface area contributed by atoms with Crippen LogP contribution in [-0.2, 0) is 22.8 Å². The van der Waals surface area contributed by atoms with E-state index in [1.165, 1.54) is 0 Å². The van der Waals surface area contributed by atoms with Crippen LogP contribution in [0.25, 0.3) is 11.1 Å². The van der Waals surface area contributed by atoms with Crippen molar-refractivity contribution in [2.45, 2.75) is 38.2 Å². The number of hydrogen-bond donors (Lipinski definition) is 3. The van der Waals surface area contributed by atoms with Gasteiger partial charge in [0.05, 0.1) is 24.4 Å². The second-order valence-electron chi connectivity index (χ2n) is 8.65. The van der Waals surface area contributed by atoms with Crippen molar-refractivity contribution in [2.24, 2.45) is 0 Å². The molecule has 1 aliphatic heterocycles. The first-order chi connectivity index (χ1) is 16.8. The van der Waals surface area contributed by atoms with Crippen LogP contribution in [0.5, 0.6) is 11.5 Å². The monoisotopic (exact) mass is 495 g/mol. The van der Waals surface area contributed by atoms with Gasteiger partial charge in [0.25, 0.3) is 5.91 Å². The van der Waals surface area contributed by atoms with Gasteiger partial charge in [0.15, 0.2) is 5.25 Å². The van der Waals surface area contributed by atoms with Crippen molar-refractivity contribution in [3.05, 3.63) is 82.9 Å². The molecule has 0 spiro atoms. The Kier molecular flexibility index (Phi) is 7.97. The molecule has 3 N–H and O–H groups in total. The van der Waals surface area contributed by atoms with Crippen molar-refractivity contribution in [3.8, 4) is 22.6 Å². The zero-order valence-electron chi connectivity index (χ0n) is 19.7. The Morgan fingerprint density at radius 1 is 1.06 bits per heavy atom. The smallest absolute Gasteiger partial charge is 0.266 e. The number of rotatable bonds is 9. The van der Waals surface area contributed by atoms with Gasteiger partial charge in [-0.15, -0.1) is 0 Å². The van der Waals surface area contributed by atoms with Crippen LogP contribution in [-0.4, -0.2) is 40.0 Å². The lowest BCUT2D eigenvalue weighted by Gasteiger charge is -2.16. The van der Waals surface area contributed by atoms with Crippen LogP contribution in [0.3, 0.4) is 0 Å². The summed E-state index contributed by atoms with van der Waals surface area (Å²) in [5.74, 6) is 1.16. The molecule has 3 aromatic carbocycles. The SMILES string of the molecule is Cc1cc(OC[C@H](O)CO)cc(C)c1-c1cccc(COc2ccc(C3CC(=O)N[S+]3[O-])cc2)c1. The lowest BCUT2D eigenvalue weighted by molar-refractivity contribution is -0.118. The minimum Gasteiger partial charge on any atom is -0.593 e. The van der Waals surface area contributed by atoms with Crippen molar-refractivity contribution in [1.29, 1.82) is 0 Å². The normalized spacial score (nSPS) is 18.3. The van der Waals surface area contributed by atoms with Crippen molar-refractivity contribution >= 4 is 17.3 Å². The lowest BCUT2D eigenvalue weighted by Crippen LogP contribution is -2.21. The van der Waals surface area contributed by atoms with Crippen LogP contribution in [0.15, 0.2) is 60.7 Å². The molecule has 184 valence electrons. The van der Waals surface area contributed by atoms with E-state index < -0.39 is 17.5 Å². The number of aliphatic hydroxyl groups is 2. The van der Waals surface area contributed by atoms with Gasteiger partial charge in [-0.25, -0.2) is 0 Å². The van der Waals surface area contributed by atoms with E-state index in [0.29, 0.717) is 18.1 Å². The summed E-state index contributed by atoms with van der Waals surface area (Å²) in [5.41, 5.74) is 6.14. The van der Waals surface area contributed by atoms with E-state index >= 15 is 0 Å². The van der Waals surface area contributed by atoms with Gasteiger partial charge in [-0.3, -0.25) is 4.79 Å². The Morgan fingerprint density at radius 3 is 2.40 bits per heavy atom. The largest absolute Gasteiger partial charge is 0.593 e. The number of nitrogens with one attached hydrogen (secondary N) is 1. The predicted octanol–water partition coefficient (Wildman–Crippen LogP) is 3.51. The second kappa shape index (κ2) is 11.1. The number of aryl methyl sites for hydroxylation is 2. The number of carbonyl (C=O) groups excluding carboxylic acids is 1. The van der Waals surface area contributed by atoms with E-state index in [0.717, 1.165) is 33.4 Å². The third kappa shape index (κ3) is 6.15. The number of ether oxygens (including phenoxy) is 2. The van der Waals surface area contributed by atoms with E-state index in [1.54, 1.807) is 0 Å². The predicted molar refractivity (Wildman–Crippen MR) is 134 cm³/mol. The van der Waals surface area contributed by atoms with Gasteiger partial charge in [0.1, 0.15) is 30.8 Å². The topological polar surface area (TPSA) is 111 Å². The van der Waals surface area contributed by atoms with E-state index in [1.807, 2.05) is 62.4 Å². The fraction of sp³-hybridized carbons (Fsp3) is 0.296. The summed E-state index contributed by atoms with van der Waals surface area (Å²) in [4.78, 5) is 11.5. The first kappa shape index (κ1) is 25.1. The van der Waals surface area contributed by atoms with Crippen LogP contribution in [0.4, 0.5) is 0 Å². The molecule has 1 amide bonds. The Hall–Kier alpha value is -3.04. The fourth-order valence-electron chi connectivity index (χ4n) is 4.18. The lowest BCUT2D eigenvalue weighted by atomic mass is 9.94. The zero-order chi connectivity index (χ0) is 24.9. The van der Waals surface area contributed by atoms with Gasteiger partial charge >= 0.3 is 0 Å². The molecular formula is C27H29NO6S. The van der Waals surface area contributed by atoms with Crippen LogP contribution in [0.2, 0.25) is 0 Å². The maximum Gasteiger partial charge on any atom is 0.266 e. The minimum absolute atomic E-state index is 0.0378. The summed E-state index contributed by atoms with van der Waals surface area (Å²) in [5, 5.41) is 18.2. The average molecular weight is 496 g/mol. The Labute approximate surface area is 208 Å². The maximum atomic E-state index is 12.0. The molecule has 35 heavy (non-hydrogen) atoms. The van der Waals surface area contributed by atoms with Crippen molar-refractivity contribution in [2.75, 3.05) is 13.2 Å². The summed E-state index contributed by atoms with van der Waals surface area (Å²) < 4.78 is 26.0. The molecule has 3 atom stereocenters. The fourth-order valence-corrected chi connectivity index (χ4v) is 5.34. The van der Waals surface area contributed by atoms with Gasteiger partial charge in [0.2, 0.25) is 0 Å². The van der Waals surface area contributed by atoms with E-state index in [4.69, 9.17) is 14.6 Å². The Bertz CT molecular complexity index is 1160. The molecule has 1 heterocycles. The molecule has 0 bridgehead atoms. The third-order valence-corrected chi connectivity index (χ3v) is 7.26. The van der Waals surface area contributed by atoms with Gasteiger partial charge in [-0.2, -0.15) is 4.72 Å². The molecule has 1 fully saturated rings. The molecule has 4 rings (SSSR count). The second-order valence-corrected chi connectivity index (χ2v) is 10.0. The van der Waals surface area contributed by atoms with Crippen molar-refractivity contribution < 1.29 is 29.0 Å². The van der Waals surface area contributed by atoms with Gasteiger partial charge in [0, 0.05) is 5.56 Å². The molecule has 8 heteroatoms. The standard InChI is InChI=1S/C27H29NO6S/c1-17-10-24(34-16-22(30)14-29)11-18(2)27(17)21-5-3-4-19(12-21)15-33-23-8-6-20(7-9-23)25-13-26(31)28-35(25)32/h3-12,22,25,29-30H,13-16H2,1-2H3,(H,28,31)/t22-,25?,35?/m1/s1. The van der Waals surface area contributed by atoms with Crippen LogP contribution >= 0.6 is 0 Å². The zero-order valence-corrected chi connectivity index (χ0v) is 20.5. The highest BCUT2D eigenvalue weighted by Gasteiger charge is 2.36. The molecule has 2 unspecified atom stereocenters. The van der Waals surface area contributed by atoms with Crippen molar-refractivity contribution in [1.82, 2.24) is 4.72 Å². The van der Waals surface area contributed by atoms with Gasteiger partial charge in [-0.05, 0) is 72.0 Å². The molecule has 1 aliphatic rings. The molecule has 0 saturated carbocycles. The maximum absolute atomic E-state index is 12.0. The van der Waals surface area contributed by atoms with E-state index in [2.05, 4.69) is 16.9 Å². The molecule has 0 aromatic heterocycles. The summed E-state index contributed by atoms with van der Waals surface area (Å²) >= 11 is -1.38. The van der Waals surface area contributed by atoms with Crippen molar-refractivity contribution in [3.63, 3.8) is 0 Å². The number of aliphatic hydroxyl groups excluding tert-OH is 2. The summed E-state index contributed by atoms with van der Waals surface area (Å²) in [6.45, 7) is 4.12. The minimum atomic E-state index is -1.38. The first-order valence-corrected chi connectivity index (χ1v) is 12.6. The number of benzene rings is 3. The average Bonchev–Trinajstić information content (AvgIpc) is 3.19. The first-order valence-electron chi connectivity index (χ1n) is 11.4. The molecule has 7 nitrogen and oxygen atoms in total. The van der Waals surface area contributed by atoms with Gasteiger partial charge < -0.3 is 24.2 Å². The summed E-state index contributed by atoms with van der Waals surface area (Å²) in [7, 11) is 0. The molecular weight excluding hydrogens is 466 g/mol. The molecule has 0 aliphatic carbocycles. The highest BCUT2D eigenvalue weighted by molar-refractivity contribution is 7.90. The summed E-state index contributed by atoms with van der Waals surface area (Å²) in [6.07, 6.45) is -0.674. The summed E-state index contributed by atoms with van der Waals surface area (Å²) in [6, 6.07) is 19.4. The highest BCUT2D eigenvalue weighted by atomic mass is 32.2. The van der Waals surface area contributed by atoms with Crippen LogP contribution in [0, 0.1) is 13.8 Å². The van der Waals surface area contributed by atoms with Gasteiger partial charge in [-0.1, -0.05) is 30.3 Å². The molecule has 3 aromatic rings. The van der Waals surface area contributed by atoms with E-state index in [9.17, 15) is 14.5 Å². The number of amides is 1. The molecule has 0 radical (unpaired) electrons. The Morgan fingerprint density at radius 2 is 1.77 bits per heavy atom. The quantitative estimate of drug-likeness (QED) is 0.392. The third-order valence-electron chi connectivity index (χ3n) is 5.88. The van der Waals surface area contributed by atoms with Crippen LogP contribution in [0.1, 0.15) is 33.9 Å². The van der Waals surface area contributed by atoms with Crippen LogP contribution < -0.4 is 14.2 Å². The van der Waals surface area contributed by atoms with E-state index in [-0.39, 0.29) is 30.8 Å². The molecule has 1 saturated heterocycles. The number of carbonyl (C=O) groups is 1. The highest BCUT2D eigenvalue weighted by Crippen LogP contribution is 2.33. The number of hydrogen-bond acceptors (Lipinski definition) is 6. The Balaban J connectivity index is 1.43.